The van der Waals surface area contributed by atoms with Crippen LogP contribution >= 0.6 is 34.8 Å². The first kappa shape index (κ1) is 26.2. The third-order valence-corrected chi connectivity index (χ3v) is 5.40. The molecule has 0 aromatic heterocycles. The van der Waals surface area contributed by atoms with Crippen molar-refractivity contribution in [1.82, 2.24) is 5.43 Å². The van der Waals surface area contributed by atoms with Crippen molar-refractivity contribution in [2.45, 2.75) is 0 Å². The number of methoxy groups -OCH3 is 3. The van der Waals surface area contributed by atoms with E-state index in [2.05, 4.69) is 10.5 Å². The molecule has 8 nitrogen and oxygen atoms in total. The molecule has 0 unspecified atom stereocenters. The van der Waals surface area contributed by atoms with Gasteiger partial charge in [0.15, 0.2) is 11.5 Å². The van der Waals surface area contributed by atoms with Crippen molar-refractivity contribution in [3.8, 4) is 23.0 Å². The lowest BCUT2D eigenvalue weighted by molar-refractivity contribution is 0.0733. The average molecular weight is 538 g/mol. The topological polar surface area (TPSA) is 95.5 Å². The minimum absolute atomic E-state index is 0.149. The molecule has 0 atom stereocenters. The zero-order valence-electron chi connectivity index (χ0n) is 18.7. The number of carbonyl (C=O) groups excluding carboxylic acids is 2. The van der Waals surface area contributed by atoms with Crippen LogP contribution in [-0.2, 0) is 0 Å². The van der Waals surface area contributed by atoms with E-state index in [0.717, 1.165) is 0 Å². The van der Waals surface area contributed by atoms with Gasteiger partial charge in [-0.15, -0.1) is 0 Å². The molecule has 0 aliphatic heterocycles. The van der Waals surface area contributed by atoms with Crippen molar-refractivity contribution in [3.63, 3.8) is 0 Å². The van der Waals surface area contributed by atoms with E-state index >= 15 is 0 Å². The van der Waals surface area contributed by atoms with Gasteiger partial charge in [-0.3, -0.25) is 4.79 Å². The van der Waals surface area contributed by atoms with Gasteiger partial charge in [-0.25, -0.2) is 10.2 Å². The maximum absolute atomic E-state index is 12.9. The van der Waals surface area contributed by atoms with E-state index in [1.54, 1.807) is 6.07 Å². The number of hydrogen-bond acceptors (Lipinski definition) is 7. The summed E-state index contributed by atoms with van der Waals surface area (Å²) in [5, 5.41) is 4.85. The largest absolute Gasteiger partial charge is 0.493 e. The van der Waals surface area contributed by atoms with Gasteiger partial charge in [0.2, 0.25) is 5.75 Å². The molecule has 0 radical (unpaired) electrons. The van der Waals surface area contributed by atoms with Crippen molar-refractivity contribution >= 4 is 52.9 Å². The lowest BCUT2D eigenvalue weighted by Crippen LogP contribution is -2.18. The van der Waals surface area contributed by atoms with Crippen LogP contribution in [0.25, 0.3) is 0 Å². The lowest BCUT2D eigenvalue weighted by Gasteiger charge is -2.14. The molecule has 182 valence electrons. The summed E-state index contributed by atoms with van der Waals surface area (Å²) >= 11 is 18.0. The van der Waals surface area contributed by atoms with E-state index in [1.165, 1.54) is 70.0 Å². The monoisotopic (exact) mass is 536 g/mol. The van der Waals surface area contributed by atoms with Crippen LogP contribution in [0.3, 0.4) is 0 Å². The van der Waals surface area contributed by atoms with Gasteiger partial charge >= 0.3 is 5.97 Å². The number of carbonyl (C=O) groups is 2. The smallest absolute Gasteiger partial charge is 0.343 e. The summed E-state index contributed by atoms with van der Waals surface area (Å²) in [6, 6.07) is 11.9. The summed E-state index contributed by atoms with van der Waals surface area (Å²) in [4.78, 5) is 25.2. The molecule has 3 aromatic carbocycles. The standard InChI is InChI=1S/C24H19Cl3N2O6/c1-32-20-9-13(10-21(33-2)22(20)34-3)24(31)35-19-7-5-15(25)8-14(19)12-28-29-23(30)17-6-4-16(26)11-18(17)27/h4-12H,1-3H3,(H,29,30)/b28-12+. The molecule has 35 heavy (non-hydrogen) atoms. The third kappa shape index (κ3) is 6.36. The Hall–Kier alpha value is -3.46. The predicted octanol–water partition coefficient (Wildman–Crippen LogP) is 5.66. The molecule has 0 spiro atoms. The van der Waals surface area contributed by atoms with Crippen LogP contribution in [0.2, 0.25) is 15.1 Å². The number of halogens is 3. The summed E-state index contributed by atoms with van der Waals surface area (Å²) < 4.78 is 21.4. The summed E-state index contributed by atoms with van der Waals surface area (Å²) in [5.74, 6) is -0.183. The molecule has 0 bridgehead atoms. The highest BCUT2D eigenvalue weighted by Gasteiger charge is 2.19. The Morgan fingerprint density at radius 2 is 1.46 bits per heavy atom. The zero-order valence-corrected chi connectivity index (χ0v) is 21.0. The first-order valence-corrected chi connectivity index (χ1v) is 11.0. The van der Waals surface area contributed by atoms with Crippen LogP contribution in [0.5, 0.6) is 23.0 Å². The number of amides is 1. The van der Waals surface area contributed by atoms with Gasteiger partial charge in [0.05, 0.1) is 43.7 Å². The Morgan fingerprint density at radius 3 is 2.06 bits per heavy atom. The molecule has 11 heteroatoms. The highest BCUT2D eigenvalue weighted by atomic mass is 35.5. The minimum atomic E-state index is -0.696. The summed E-state index contributed by atoms with van der Waals surface area (Å²) in [6.45, 7) is 0. The first-order valence-electron chi connectivity index (χ1n) is 9.87. The van der Waals surface area contributed by atoms with Crippen LogP contribution in [0.4, 0.5) is 0 Å². The molecule has 3 aromatic rings. The van der Waals surface area contributed by atoms with Crippen molar-refractivity contribution in [2.75, 3.05) is 21.3 Å². The number of ether oxygens (including phenoxy) is 4. The highest BCUT2D eigenvalue weighted by Crippen LogP contribution is 2.38. The molecule has 0 aliphatic rings. The van der Waals surface area contributed by atoms with Gasteiger partial charge in [0.25, 0.3) is 5.91 Å². The van der Waals surface area contributed by atoms with Gasteiger partial charge in [0, 0.05) is 15.6 Å². The maximum atomic E-state index is 12.9. The van der Waals surface area contributed by atoms with E-state index in [-0.39, 0.29) is 21.9 Å². The van der Waals surface area contributed by atoms with Gasteiger partial charge < -0.3 is 18.9 Å². The number of benzene rings is 3. The van der Waals surface area contributed by atoms with Gasteiger partial charge in [-0.2, -0.15) is 5.10 Å². The molecule has 0 saturated carbocycles. The predicted molar refractivity (Wildman–Crippen MR) is 134 cm³/mol. The van der Waals surface area contributed by atoms with Crippen LogP contribution in [-0.4, -0.2) is 39.4 Å². The van der Waals surface area contributed by atoms with Crippen LogP contribution < -0.4 is 24.4 Å². The van der Waals surface area contributed by atoms with Crippen molar-refractivity contribution in [1.29, 1.82) is 0 Å². The van der Waals surface area contributed by atoms with Crippen molar-refractivity contribution in [2.24, 2.45) is 5.10 Å². The van der Waals surface area contributed by atoms with E-state index in [4.69, 9.17) is 53.8 Å². The van der Waals surface area contributed by atoms with Gasteiger partial charge in [-0.05, 0) is 48.5 Å². The molecule has 0 heterocycles. The molecule has 1 amide bonds. The minimum Gasteiger partial charge on any atom is -0.493 e. The van der Waals surface area contributed by atoms with E-state index in [1.807, 2.05) is 0 Å². The number of nitrogens with zero attached hydrogens (tertiary/aromatic N) is 1. The zero-order chi connectivity index (χ0) is 25.5. The van der Waals surface area contributed by atoms with E-state index < -0.39 is 11.9 Å². The second-order valence-electron chi connectivity index (χ2n) is 6.81. The van der Waals surface area contributed by atoms with Crippen LogP contribution in [0.1, 0.15) is 26.3 Å². The molecular weight excluding hydrogens is 519 g/mol. The molecule has 0 aliphatic carbocycles. The quantitative estimate of drug-likeness (QED) is 0.173. The average Bonchev–Trinajstić information content (AvgIpc) is 2.84. The Kier molecular flexibility index (Phi) is 8.81. The maximum Gasteiger partial charge on any atom is 0.343 e. The van der Waals surface area contributed by atoms with E-state index in [0.29, 0.717) is 32.9 Å². The summed E-state index contributed by atoms with van der Waals surface area (Å²) in [6.07, 6.45) is 1.28. The third-order valence-electron chi connectivity index (χ3n) is 4.62. The van der Waals surface area contributed by atoms with Gasteiger partial charge in [0.1, 0.15) is 5.75 Å². The Bertz CT molecular complexity index is 1270. The molecular formula is C24H19Cl3N2O6. The first-order chi connectivity index (χ1) is 16.8. The molecule has 0 saturated heterocycles. The Balaban J connectivity index is 1.82. The fraction of sp³-hybridized carbons (Fsp3) is 0.125. The normalized spacial score (nSPS) is 10.7. The number of hydrazone groups is 1. The number of nitrogens with one attached hydrogen (secondary N) is 1. The molecule has 1 N–H and O–H groups in total. The number of esters is 1. The molecule has 0 fully saturated rings. The second kappa shape index (κ2) is 11.8. The Labute approximate surface area is 216 Å². The van der Waals surface area contributed by atoms with Crippen molar-refractivity contribution in [3.05, 3.63) is 80.3 Å². The van der Waals surface area contributed by atoms with Crippen molar-refractivity contribution < 1.29 is 28.5 Å². The number of rotatable bonds is 8. The van der Waals surface area contributed by atoms with Crippen LogP contribution in [0, 0.1) is 0 Å². The highest BCUT2D eigenvalue weighted by molar-refractivity contribution is 6.36. The summed E-state index contributed by atoms with van der Waals surface area (Å²) in [5.41, 5.74) is 3.03. The fourth-order valence-corrected chi connectivity index (χ4v) is 3.64. The van der Waals surface area contributed by atoms with Crippen LogP contribution in [0.15, 0.2) is 53.6 Å². The molecule has 3 rings (SSSR count). The van der Waals surface area contributed by atoms with E-state index in [9.17, 15) is 9.59 Å². The summed E-state index contributed by atoms with van der Waals surface area (Å²) in [7, 11) is 4.33. The Morgan fingerprint density at radius 1 is 0.829 bits per heavy atom. The van der Waals surface area contributed by atoms with Gasteiger partial charge in [-0.1, -0.05) is 34.8 Å². The lowest BCUT2D eigenvalue weighted by atomic mass is 10.1. The number of hydrogen-bond donors (Lipinski definition) is 1. The second-order valence-corrected chi connectivity index (χ2v) is 8.09. The SMILES string of the molecule is COc1cc(C(=O)Oc2ccc(Cl)cc2/C=N/NC(=O)c2ccc(Cl)cc2Cl)cc(OC)c1OC. The fourth-order valence-electron chi connectivity index (χ4n) is 2.97.